The van der Waals surface area contributed by atoms with Gasteiger partial charge >= 0.3 is 0 Å². The summed E-state index contributed by atoms with van der Waals surface area (Å²) >= 11 is 1.01. The van der Waals surface area contributed by atoms with E-state index in [1.54, 1.807) is 30.3 Å². The fourth-order valence-electron chi connectivity index (χ4n) is 3.09. The Hall–Kier alpha value is -2.06. The van der Waals surface area contributed by atoms with Gasteiger partial charge in [-0.1, -0.05) is 31.4 Å². The predicted octanol–water partition coefficient (Wildman–Crippen LogP) is 4.17. The molecule has 118 valence electrons. The van der Waals surface area contributed by atoms with Gasteiger partial charge in [0.1, 0.15) is 0 Å². The minimum Gasteiger partial charge on any atom is -0.268 e. The summed E-state index contributed by atoms with van der Waals surface area (Å²) in [6, 6.07) is 9.04. The van der Waals surface area contributed by atoms with Crippen LogP contribution in [0.25, 0.3) is 6.08 Å². The van der Waals surface area contributed by atoms with E-state index in [0.717, 1.165) is 30.2 Å². The highest BCUT2D eigenvalue weighted by atomic mass is 32.2. The molecule has 23 heavy (non-hydrogen) atoms. The second kappa shape index (κ2) is 7.01. The van der Waals surface area contributed by atoms with E-state index in [-0.39, 0.29) is 11.1 Å². The van der Waals surface area contributed by atoms with E-state index in [9.17, 15) is 9.59 Å². The van der Waals surface area contributed by atoms with E-state index in [4.69, 9.17) is 5.26 Å². The van der Waals surface area contributed by atoms with Crippen LogP contribution in [0.15, 0.2) is 29.2 Å². The van der Waals surface area contributed by atoms with Crippen LogP contribution in [0.1, 0.15) is 43.2 Å². The molecule has 2 amide bonds. The van der Waals surface area contributed by atoms with Crippen molar-refractivity contribution in [3.8, 4) is 6.07 Å². The van der Waals surface area contributed by atoms with Gasteiger partial charge in [-0.3, -0.25) is 14.5 Å². The summed E-state index contributed by atoms with van der Waals surface area (Å²) in [5, 5.41) is 8.64. The molecule has 1 aromatic rings. The quantitative estimate of drug-likeness (QED) is 0.782. The van der Waals surface area contributed by atoms with Crippen LogP contribution in [0.2, 0.25) is 0 Å². The number of nitrogens with zero attached hydrogens (tertiary/aromatic N) is 2. The maximum Gasteiger partial charge on any atom is 0.293 e. The summed E-state index contributed by atoms with van der Waals surface area (Å²) in [5.41, 5.74) is 1.40. The molecule has 0 aromatic heterocycles. The molecule has 1 aliphatic carbocycles. The SMILES string of the molecule is N#Cc1ccc(C=C2SC(=O)N(CC3CCCCC3)C2=O)cc1. The zero-order valence-corrected chi connectivity index (χ0v) is 13.6. The molecule has 5 heteroatoms. The molecule has 1 aliphatic heterocycles. The van der Waals surface area contributed by atoms with Crippen molar-refractivity contribution in [2.24, 2.45) is 5.92 Å². The lowest BCUT2D eigenvalue weighted by Crippen LogP contribution is -2.34. The van der Waals surface area contributed by atoms with Crippen molar-refractivity contribution in [3.05, 3.63) is 40.3 Å². The topological polar surface area (TPSA) is 61.2 Å². The Morgan fingerprint density at radius 1 is 1.17 bits per heavy atom. The molecule has 2 aliphatic rings. The third-order valence-electron chi connectivity index (χ3n) is 4.38. The number of hydrogen-bond acceptors (Lipinski definition) is 4. The van der Waals surface area contributed by atoms with Gasteiger partial charge in [-0.25, -0.2) is 0 Å². The molecule has 0 N–H and O–H groups in total. The van der Waals surface area contributed by atoms with Gasteiger partial charge in [-0.05, 0) is 54.3 Å². The van der Waals surface area contributed by atoms with Gasteiger partial charge in [-0.2, -0.15) is 5.26 Å². The van der Waals surface area contributed by atoms with Crippen molar-refractivity contribution in [2.45, 2.75) is 32.1 Å². The van der Waals surface area contributed by atoms with Crippen molar-refractivity contribution in [1.82, 2.24) is 4.90 Å². The number of imide groups is 1. The summed E-state index contributed by atoms with van der Waals surface area (Å²) in [5.74, 6) is 0.265. The fraction of sp³-hybridized carbons (Fsp3) is 0.389. The minimum atomic E-state index is -0.185. The Bertz CT molecular complexity index is 682. The second-order valence-electron chi connectivity index (χ2n) is 6.03. The van der Waals surface area contributed by atoms with E-state index in [0.29, 0.717) is 22.9 Å². The summed E-state index contributed by atoms with van der Waals surface area (Å²) in [6.07, 6.45) is 7.60. The van der Waals surface area contributed by atoms with Crippen LogP contribution in [0, 0.1) is 17.2 Å². The van der Waals surface area contributed by atoms with Gasteiger partial charge in [0, 0.05) is 6.54 Å². The molecule has 0 unspecified atom stereocenters. The number of rotatable bonds is 3. The molecular weight excluding hydrogens is 308 g/mol. The number of carbonyl (C=O) groups is 2. The molecule has 0 spiro atoms. The summed E-state index contributed by atoms with van der Waals surface area (Å²) < 4.78 is 0. The highest BCUT2D eigenvalue weighted by molar-refractivity contribution is 8.18. The maximum absolute atomic E-state index is 12.5. The first kappa shape index (κ1) is 15.8. The van der Waals surface area contributed by atoms with Gasteiger partial charge in [0.15, 0.2) is 0 Å². The Balaban J connectivity index is 1.71. The first-order chi connectivity index (χ1) is 11.2. The minimum absolute atomic E-state index is 0.166. The molecule has 4 nitrogen and oxygen atoms in total. The maximum atomic E-state index is 12.5. The monoisotopic (exact) mass is 326 g/mol. The molecular formula is C18H18N2O2S. The van der Waals surface area contributed by atoms with Crippen molar-refractivity contribution in [1.29, 1.82) is 5.26 Å². The van der Waals surface area contributed by atoms with Gasteiger partial charge < -0.3 is 0 Å². The summed E-state index contributed by atoms with van der Waals surface area (Å²) in [4.78, 5) is 26.5. The van der Waals surface area contributed by atoms with E-state index in [1.165, 1.54) is 24.2 Å². The molecule has 0 radical (unpaired) electrons. The zero-order valence-electron chi connectivity index (χ0n) is 12.8. The Morgan fingerprint density at radius 3 is 2.52 bits per heavy atom. The van der Waals surface area contributed by atoms with Crippen LogP contribution in [0.5, 0.6) is 0 Å². The second-order valence-corrected chi connectivity index (χ2v) is 7.02. The molecule has 1 saturated carbocycles. The van der Waals surface area contributed by atoms with Crippen LogP contribution in [-0.4, -0.2) is 22.6 Å². The lowest BCUT2D eigenvalue weighted by molar-refractivity contribution is -0.123. The third-order valence-corrected chi connectivity index (χ3v) is 5.28. The summed E-state index contributed by atoms with van der Waals surface area (Å²) in [7, 11) is 0. The predicted molar refractivity (Wildman–Crippen MR) is 90.4 cm³/mol. The van der Waals surface area contributed by atoms with E-state index < -0.39 is 0 Å². The Morgan fingerprint density at radius 2 is 1.87 bits per heavy atom. The van der Waals surface area contributed by atoms with Crippen LogP contribution in [0.3, 0.4) is 0 Å². The van der Waals surface area contributed by atoms with Crippen molar-refractivity contribution in [3.63, 3.8) is 0 Å². The number of carbonyl (C=O) groups excluding carboxylic acids is 2. The van der Waals surface area contributed by atoms with Crippen LogP contribution in [-0.2, 0) is 4.79 Å². The zero-order chi connectivity index (χ0) is 16.2. The fourth-order valence-corrected chi connectivity index (χ4v) is 3.94. The highest BCUT2D eigenvalue weighted by Gasteiger charge is 2.36. The number of nitriles is 1. The molecule has 1 aromatic carbocycles. The van der Waals surface area contributed by atoms with Crippen molar-refractivity contribution in [2.75, 3.05) is 6.54 Å². The highest BCUT2D eigenvalue weighted by Crippen LogP contribution is 2.34. The first-order valence-electron chi connectivity index (χ1n) is 7.93. The van der Waals surface area contributed by atoms with Crippen LogP contribution >= 0.6 is 11.8 Å². The third kappa shape index (κ3) is 3.65. The van der Waals surface area contributed by atoms with Crippen LogP contribution in [0.4, 0.5) is 4.79 Å². The van der Waals surface area contributed by atoms with Gasteiger partial charge in [-0.15, -0.1) is 0 Å². The van der Waals surface area contributed by atoms with E-state index in [2.05, 4.69) is 6.07 Å². The lowest BCUT2D eigenvalue weighted by atomic mass is 9.89. The lowest BCUT2D eigenvalue weighted by Gasteiger charge is -2.25. The summed E-state index contributed by atoms with van der Waals surface area (Å²) in [6.45, 7) is 0.551. The normalized spacial score (nSPS) is 21.0. The molecule has 0 atom stereocenters. The first-order valence-corrected chi connectivity index (χ1v) is 8.74. The standard InChI is InChI=1S/C18H18N2O2S/c19-11-14-8-6-13(7-9-14)10-16-17(21)20(18(22)23-16)12-15-4-2-1-3-5-15/h6-10,15H,1-5,12H2. The van der Waals surface area contributed by atoms with E-state index >= 15 is 0 Å². The molecule has 2 fully saturated rings. The molecule has 3 rings (SSSR count). The van der Waals surface area contributed by atoms with Crippen molar-refractivity contribution >= 4 is 29.0 Å². The molecule has 1 heterocycles. The van der Waals surface area contributed by atoms with Gasteiger partial charge in [0.05, 0.1) is 16.5 Å². The smallest absolute Gasteiger partial charge is 0.268 e. The Labute approximate surface area is 140 Å². The average molecular weight is 326 g/mol. The van der Waals surface area contributed by atoms with Gasteiger partial charge in [0.2, 0.25) is 0 Å². The van der Waals surface area contributed by atoms with E-state index in [1.807, 2.05) is 0 Å². The number of thioether (sulfide) groups is 1. The largest absolute Gasteiger partial charge is 0.293 e. The number of amides is 2. The molecule has 0 bridgehead atoms. The number of benzene rings is 1. The average Bonchev–Trinajstić information content (AvgIpc) is 2.84. The Kier molecular flexibility index (Phi) is 4.82. The van der Waals surface area contributed by atoms with Crippen molar-refractivity contribution < 1.29 is 9.59 Å². The van der Waals surface area contributed by atoms with Gasteiger partial charge in [0.25, 0.3) is 11.1 Å². The number of hydrogen-bond donors (Lipinski definition) is 0. The molecule has 1 saturated heterocycles. The van der Waals surface area contributed by atoms with Crippen LogP contribution < -0.4 is 0 Å².